The average molecular weight is 217 g/mol. The number of likely N-dealkylation sites (tertiary alicyclic amines) is 1. The van der Waals surface area contributed by atoms with Crippen molar-refractivity contribution in [3.63, 3.8) is 0 Å². The van der Waals surface area contributed by atoms with Gasteiger partial charge in [-0.1, -0.05) is 0 Å². The molecule has 0 aromatic carbocycles. The highest BCUT2D eigenvalue weighted by Gasteiger charge is 2.40. The molecule has 0 unspecified atom stereocenters. The topological polar surface area (TPSA) is 81.0 Å². The van der Waals surface area contributed by atoms with E-state index in [2.05, 4.69) is 4.90 Å². The molecule has 0 atom stereocenters. The van der Waals surface area contributed by atoms with E-state index in [0.29, 0.717) is 25.9 Å². The van der Waals surface area contributed by atoms with Gasteiger partial charge < -0.3 is 20.2 Å². The van der Waals surface area contributed by atoms with Crippen LogP contribution >= 0.6 is 0 Å². The van der Waals surface area contributed by atoms with Gasteiger partial charge in [-0.05, 0) is 32.4 Å². The van der Waals surface area contributed by atoms with Crippen LogP contribution < -0.4 is 0 Å². The molecule has 0 bridgehead atoms. The molecule has 1 saturated heterocycles. The Kier molecular flexibility index (Phi) is 4.50. The number of carbonyl (C=O) groups is 1. The summed E-state index contributed by atoms with van der Waals surface area (Å²) >= 11 is 0. The molecular formula is C10H19NO4. The van der Waals surface area contributed by atoms with Gasteiger partial charge in [0.05, 0.1) is 12.0 Å². The van der Waals surface area contributed by atoms with E-state index in [1.807, 2.05) is 0 Å². The van der Waals surface area contributed by atoms with Crippen molar-refractivity contribution in [2.75, 3.05) is 32.8 Å². The van der Waals surface area contributed by atoms with Crippen molar-refractivity contribution in [2.24, 2.45) is 5.41 Å². The van der Waals surface area contributed by atoms with Gasteiger partial charge >= 0.3 is 5.97 Å². The highest BCUT2D eigenvalue weighted by atomic mass is 16.4. The van der Waals surface area contributed by atoms with E-state index in [9.17, 15) is 4.79 Å². The molecule has 0 radical (unpaired) electrons. The van der Waals surface area contributed by atoms with E-state index in [1.165, 1.54) is 0 Å². The summed E-state index contributed by atoms with van der Waals surface area (Å²) in [6.07, 6.45) is 1.70. The number of nitrogens with zero attached hydrogens (tertiary/aromatic N) is 1. The summed E-state index contributed by atoms with van der Waals surface area (Å²) in [4.78, 5) is 13.1. The van der Waals surface area contributed by atoms with Gasteiger partial charge in [-0.2, -0.15) is 0 Å². The van der Waals surface area contributed by atoms with E-state index in [0.717, 1.165) is 13.0 Å². The number of carboxylic acids is 1. The molecule has 1 heterocycles. The largest absolute Gasteiger partial charge is 0.481 e. The number of piperidine rings is 1. The first-order valence-electron chi connectivity index (χ1n) is 5.32. The Balaban J connectivity index is 2.42. The molecule has 88 valence electrons. The lowest BCUT2D eigenvalue weighted by Gasteiger charge is -2.37. The predicted molar refractivity (Wildman–Crippen MR) is 54.5 cm³/mol. The van der Waals surface area contributed by atoms with Gasteiger partial charge in [0.2, 0.25) is 0 Å². The van der Waals surface area contributed by atoms with Crippen LogP contribution in [0.15, 0.2) is 0 Å². The number of aliphatic hydroxyl groups is 2. The zero-order chi connectivity index (χ0) is 11.3. The van der Waals surface area contributed by atoms with Crippen LogP contribution in [0.4, 0.5) is 0 Å². The second kappa shape index (κ2) is 5.44. The monoisotopic (exact) mass is 217 g/mol. The summed E-state index contributed by atoms with van der Waals surface area (Å²) in [6.45, 7) is 2.06. The SMILES string of the molecule is O=C(O)C1(CO)CCN(CCCO)CC1. The van der Waals surface area contributed by atoms with Gasteiger partial charge in [-0.3, -0.25) is 4.79 Å². The lowest BCUT2D eigenvalue weighted by molar-refractivity contribution is -0.155. The molecule has 1 fully saturated rings. The molecule has 1 aliphatic heterocycles. The second-order valence-corrected chi connectivity index (χ2v) is 4.16. The smallest absolute Gasteiger partial charge is 0.312 e. The van der Waals surface area contributed by atoms with Crippen molar-refractivity contribution in [3.05, 3.63) is 0 Å². The normalized spacial score (nSPS) is 21.5. The van der Waals surface area contributed by atoms with Crippen LogP contribution in [-0.4, -0.2) is 59.0 Å². The first-order valence-corrected chi connectivity index (χ1v) is 5.32. The maximum absolute atomic E-state index is 11.0. The Morgan fingerprint density at radius 3 is 2.27 bits per heavy atom. The van der Waals surface area contributed by atoms with Crippen molar-refractivity contribution in [3.8, 4) is 0 Å². The summed E-state index contributed by atoms with van der Waals surface area (Å²) in [5, 5.41) is 26.8. The Bertz CT molecular complexity index is 211. The number of rotatable bonds is 5. The maximum Gasteiger partial charge on any atom is 0.312 e. The Hall–Kier alpha value is -0.650. The van der Waals surface area contributed by atoms with Crippen molar-refractivity contribution < 1.29 is 20.1 Å². The predicted octanol–water partition coefficient (Wildman–Crippen LogP) is -0.472. The van der Waals surface area contributed by atoms with Crippen LogP contribution in [-0.2, 0) is 4.79 Å². The average Bonchev–Trinajstić information content (AvgIpc) is 2.27. The third kappa shape index (κ3) is 2.90. The molecule has 5 heteroatoms. The van der Waals surface area contributed by atoms with Gasteiger partial charge in [0, 0.05) is 13.2 Å². The molecule has 1 rings (SSSR count). The van der Waals surface area contributed by atoms with Gasteiger partial charge in [0.25, 0.3) is 0 Å². The van der Waals surface area contributed by atoms with Crippen molar-refractivity contribution in [2.45, 2.75) is 19.3 Å². The molecule has 0 saturated carbocycles. The van der Waals surface area contributed by atoms with E-state index >= 15 is 0 Å². The summed E-state index contributed by atoms with van der Waals surface area (Å²) in [7, 11) is 0. The van der Waals surface area contributed by atoms with E-state index < -0.39 is 11.4 Å². The quantitative estimate of drug-likeness (QED) is 0.580. The Morgan fingerprint density at radius 1 is 1.27 bits per heavy atom. The fourth-order valence-corrected chi connectivity index (χ4v) is 1.94. The zero-order valence-electron chi connectivity index (χ0n) is 8.85. The summed E-state index contributed by atoms with van der Waals surface area (Å²) in [5.41, 5.74) is -0.935. The van der Waals surface area contributed by atoms with Gasteiger partial charge in [0.15, 0.2) is 0 Å². The number of aliphatic hydroxyl groups excluding tert-OH is 2. The third-order valence-electron chi connectivity index (χ3n) is 3.20. The maximum atomic E-state index is 11.0. The van der Waals surface area contributed by atoms with Crippen LogP contribution in [0.5, 0.6) is 0 Å². The standard InChI is InChI=1S/C10H19NO4/c12-7-1-4-11-5-2-10(8-13,3-6-11)9(14)15/h12-13H,1-8H2,(H,14,15). The fourth-order valence-electron chi connectivity index (χ4n) is 1.94. The second-order valence-electron chi connectivity index (χ2n) is 4.16. The van der Waals surface area contributed by atoms with Gasteiger partial charge in [0.1, 0.15) is 0 Å². The number of hydrogen-bond donors (Lipinski definition) is 3. The van der Waals surface area contributed by atoms with Crippen molar-refractivity contribution in [1.29, 1.82) is 0 Å². The lowest BCUT2D eigenvalue weighted by Crippen LogP contribution is -2.46. The fraction of sp³-hybridized carbons (Fsp3) is 0.900. The molecule has 0 spiro atoms. The van der Waals surface area contributed by atoms with Gasteiger partial charge in [-0.25, -0.2) is 0 Å². The van der Waals surface area contributed by atoms with Crippen LogP contribution in [0.3, 0.4) is 0 Å². The summed E-state index contributed by atoms with van der Waals surface area (Å²) < 4.78 is 0. The molecule has 0 aromatic rings. The van der Waals surface area contributed by atoms with Crippen molar-refractivity contribution >= 4 is 5.97 Å². The minimum absolute atomic E-state index is 0.167. The van der Waals surface area contributed by atoms with Crippen LogP contribution in [0, 0.1) is 5.41 Å². The third-order valence-corrected chi connectivity index (χ3v) is 3.20. The Morgan fingerprint density at radius 2 is 1.87 bits per heavy atom. The summed E-state index contributed by atoms with van der Waals surface area (Å²) in [5.74, 6) is -0.896. The number of hydrogen-bond acceptors (Lipinski definition) is 4. The van der Waals surface area contributed by atoms with E-state index in [4.69, 9.17) is 15.3 Å². The molecule has 1 aliphatic rings. The first-order chi connectivity index (χ1) is 7.14. The molecular weight excluding hydrogens is 198 g/mol. The minimum atomic E-state index is -0.935. The molecule has 0 aromatic heterocycles. The van der Waals surface area contributed by atoms with E-state index in [1.54, 1.807) is 0 Å². The highest BCUT2D eigenvalue weighted by molar-refractivity contribution is 5.75. The number of aliphatic carboxylic acids is 1. The van der Waals surface area contributed by atoms with Crippen LogP contribution in [0.25, 0.3) is 0 Å². The minimum Gasteiger partial charge on any atom is -0.481 e. The first kappa shape index (κ1) is 12.4. The highest BCUT2D eigenvalue weighted by Crippen LogP contribution is 2.31. The van der Waals surface area contributed by atoms with Crippen molar-refractivity contribution in [1.82, 2.24) is 4.90 Å². The number of carboxylic acid groups (broad SMARTS) is 1. The van der Waals surface area contributed by atoms with Crippen LogP contribution in [0.1, 0.15) is 19.3 Å². The van der Waals surface area contributed by atoms with Gasteiger partial charge in [-0.15, -0.1) is 0 Å². The van der Waals surface area contributed by atoms with E-state index in [-0.39, 0.29) is 13.2 Å². The molecule has 3 N–H and O–H groups in total. The summed E-state index contributed by atoms with van der Waals surface area (Å²) in [6, 6.07) is 0. The van der Waals surface area contributed by atoms with Crippen LogP contribution in [0.2, 0.25) is 0 Å². The Labute approximate surface area is 89.3 Å². The molecule has 0 aliphatic carbocycles. The lowest BCUT2D eigenvalue weighted by atomic mass is 9.79. The zero-order valence-corrected chi connectivity index (χ0v) is 8.85. The molecule has 15 heavy (non-hydrogen) atoms. The molecule has 5 nitrogen and oxygen atoms in total. The molecule has 0 amide bonds.